The number of nitrogens with zero attached hydrogens (tertiary/aromatic N) is 2. The zero-order chi connectivity index (χ0) is 11.0. The van der Waals surface area contributed by atoms with Gasteiger partial charge in [-0.3, -0.25) is 0 Å². The van der Waals surface area contributed by atoms with Crippen LogP contribution in [0.15, 0.2) is 42.6 Å². The Balaban J connectivity index is 2.23. The number of rotatable bonds is 1. The summed E-state index contributed by atoms with van der Waals surface area (Å²) in [6.45, 7) is 2.08. The molecule has 3 aromatic rings. The molecule has 0 bridgehead atoms. The molecule has 3 rings (SSSR count). The summed E-state index contributed by atoms with van der Waals surface area (Å²) < 4.78 is 0. The molecule has 0 saturated carbocycles. The molecule has 16 heavy (non-hydrogen) atoms. The lowest BCUT2D eigenvalue weighted by Gasteiger charge is -1.99. The molecule has 0 spiro atoms. The minimum Gasteiger partial charge on any atom is -0.337 e. The number of aromatic amines is 1. The van der Waals surface area contributed by atoms with Crippen molar-refractivity contribution in [2.24, 2.45) is 0 Å². The number of aromatic nitrogens is 3. The van der Waals surface area contributed by atoms with Gasteiger partial charge in [-0.15, -0.1) is 0 Å². The van der Waals surface area contributed by atoms with Gasteiger partial charge in [0.05, 0.1) is 5.52 Å². The van der Waals surface area contributed by atoms with Crippen molar-refractivity contribution in [1.29, 1.82) is 0 Å². The molecule has 3 heteroatoms. The van der Waals surface area contributed by atoms with E-state index in [1.807, 2.05) is 24.3 Å². The van der Waals surface area contributed by atoms with E-state index in [0.717, 1.165) is 22.6 Å². The number of nitrogens with one attached hydrogen (secondary N) is 1. The fourth-order valence-electron chi connectivity index (χ4n) is 1.81. The van der Waals surface area contributed by atoms with Crippen LogP contribution in [0.25, 0.3) is 22.6 Å². The van der Waals surface area contributed by atoms with Crippen LogP contribution in [0.5, 0.6) is 0 Å². The van der Waals surface area contributed by atoms with Gasteiger partial charge >= 0.3 is 0 Å². The van der Waals surface area contributed by atoms with Crippen LogP contribution in [0.1, 0.15) is 5.56 Å². The van der Waals surface area contributed by atoms with E-state index in [9.17, 15) is 0 Å². The minimum atomic E-state index is 0.765. The van der Waals surface area contributed by atoms with Gasteiger partial charge in [0.15, 0.2) is 5.65 Å². The van der Waals surface area contributed by atoms with E-state index in [1.54, 1.807) is 6.20 Å². The van der Waals surface area contributed by atoms with Gasteiger partial charge < -0.3 is 4.98 Å². The fourth-order valence-corrected chi connectivity index (χ4v) is 1.81. The van der Waals surface area contributed by atoms with Crippen molar-refractivity contribution in [3.63, 3.8) is 0 Å². The van der Waals surface area contributed by atoms with E-state index < -0.39 is 0 Å². The molecule has 0 aliphatic rings. The molecule has 0 amide bonds. The second-order valence-electron chi connectivity index (χ2n) is 3.77. The Bertz CT molecular complexity index is 607. The number of hydrogen-bond donors (Lipinski definition) is 1. The Kier molecular flexibility index (Phi) is 1.96. The summed E-state index contributed by atoms with van der Waals surface area (Å²) in [4.78, 5) is 12.0. The first-order valence-corrected chi connectivity index (χ1v) is 5.21. The molecule has 78 valence electrons. The van der Waals surface area contributed by atoms with Gasteiger partial charge in [0.2, 0.25) is 0 Å². The van der Waals surface area contributed by atoms with E-state index >= 15 is 0 Å². The highest BCUT2D eigenvalue weighted by Gasteiger charge is 2.06. The maximum absolute atomic E-state index is 4.48. The summed E-state index contributed by atoms with van der Waals surface area (Å²) in [5.74, 6) is 0.881. The van der Waals surface area contributed by atoms with Gasteiger partial charge in [-0.05, 0) is 24.6 Å². The molecule has 0 saturated heterocycles. The molecule has 1 N–H and O–H groups in total. The smallest absolute Gasteiger partial charge is 0.178 e. The second kappa shape index (κ2) is 3.45. The van der Waals surface area contributed by atoms with Crippen molar-refractivity contribution in [1.82, 2.24) is 15.0 Å². The topological polar surface area (TPSA) is 41.6 Å². The molecular weight excluding hydrogens is 198 g/mol. The van der Waals surface area contributed by atoms with E-state index in [4.69, 9.17) is 0 Å². The number of imidazole rings is 1. The summed E-state index contributed by atoms with van der Waals surface area (Å²) in [7, 11) is 0. The zero-order valence-corrected chi connectivity index (χ0v) is 8.94. The van der Waals surface area contributed by atoms with Crippen LogP contribution in [0.3, 0.4) is 0 Å². The molecule has 0 aliphatic carbocycles. The lowest BCUT2D eigenvalue weighted by molar-refractivity contribution is 1.28. The summed E-state index contributed by atoms with van der Waals surface area (Å²) in [6.07, 6.45) is 1.75. The van der Waals surface area contributed by atoms with Gasteiger partial charge in [-0.2, -0.15) is 0 Å². The lowest BCUT2D eigenvalue weighted by atomic mass is 10.1. The maximum Gasteiger partial charge on any atom is 0.178 e. The Hall–Kier alpha value is -2.16. The maximum atomic E-state index is 4.48. The van der Waals surface area contributed by atoms with Crippen LogP contribution < -0.4 is 0 Å². The number of fused-ring (bicyclic) bond motifs is 1. The third-order valence-electron chi connectivity index (χ3n) is 2.66. The predicted octanol–water partition coefficient (Wildman–Crippen LogP) is 2.93. The van der Waals surface area contributed by atoms with Gasteiger partial charge in [-0.1, -0.05) is 24.3 Å². The average molecular weight is 209 g/mol. The largest absolute Gasteiger partial charge is 0.337 e. The van der Waals surface area contributed by atoms with Crippen molar-refractivity contribution in [2.75, 3.05) is 0 Å². The highest BCUT2D eigenvalue weighted by atomic mass is 15.0. The Morgan fingerprint density at radius 2 is 1.94 bits per heavy atom. The highest BCUT2D eigenvalue weighted by molar-refractivity contribution is 5.76. The molecule has 2 aromatic heterocycles. The highest BCUT2D eigenvalue weighted by Crippen LogP contribution is 2.21. The Morgan fingerprint density at radius 3 is 2.75 bits per heavy atom. The molecule has 1 aromatic carbocycles. The molecule has 2 heterocycles. The average Bonchev–Trinajstić information content (AvgIpc) is 2.73. The van der Waals surface area contributed by atoms with Crippen LogP contribution >= 0.6 is 0 Å². The monoisotopic (exact) mass is 209 g/mol. The second-order valence-corrected chi connectivity index (χ2v) is 3.77. The van der Waals surface area contributed by atoms with Gasteiger partial charge in [0.1, 0.15) is 5.82 Å². The van der Waals surface area contributed by atoms with Gasteiger partial charge in [0, 0.05) is 11.8 Å². The standard InChI is InChI=1S/C13H11N3/c1-9-5-2-3-6-10(9)12-15-11-7-4-8-14-13(11)16-12/h2-8H,1H3,(H,14,15,16). The SMILES string of the molecule is Cc1ccccc1-c1nc2ncccc2[nH]1. The molecule has 0 aliphatic heterocycles. The summed E-state index contributed by atoms with van der Waals surface area (Å²) >= 11 is 0. The van der Waals surface area contributed by atoms with E-state index in [2.05, 4.69) is 34.0 Å². The van der Waals surface area contributed by atoms with Gasteiger partial charge in [-0.25, -0.2) is 9.97 Å². The molecular formula is C13H11N3. The first-order chi connectivity index (χ1) is 7.84. The van der Waals surface area contributed by atoms with E-state index in [-0.39, 0.29) is 0 Å². The van der Waals surface area contributed by atoms with Crippen LogP contribution in [0, 0.1) is 6.92 Å². The van der Waals surface area contributed by atoms with Crippen LogP contribution in [0.2, 0.25) is 0 Å². The molecule has 3 nitrogen and oxygen atoms in total. The summed E-state index contributed by atoms with van der Waals surface area (Å²) in [5.41, 5.74) is 4.07. The van der Waals surface area contributed by atoms with Crippen molar-refractivity contribution in [2.45, 2.75) is 6.92 Å². The Morgan fingerprint density at radius 1 is 1.06 bits per heavy atom. The number of hydrogen-bond acceptors (Lipinski definition) is 2. The van der Waals surface area contributed by atoms with Crippen LogP contribution in [0.4, 0.5) is 0 Å². The molecule has 0 fully saturated rings. The first-order valence-electron chi connectivity index (χ1n) is 5.21. The molecule has 0 atom stereocenters. The quantitative estimate of drug-likeness (QED) is 0.669. The van der Waals surface area contributed by atoms with Crippen LogP contribution in [-0.4, -0.2) is 15.0 Å². The predicted molar refractivity (Wildman–Crippen MR) is 64.1 cm³/mol. The number of H-pyrrole nitrogens is 1. The van der Waals surface area contributed by atoms with Crippen molar-refractivity contribution < 1.29 is 0 Å². The number of aryl methyl sites for hydroxylation is 1. The third kappa shape index (κ3) is 1.37. The first kappa shape index (κ1) is 9.09. The van der Waals surface area contributed by atoms with E-state index in [0.29, 0.717) is 0 Å². The van der Waals surface area contributed by atoms with Crippen molar-refractivity contribution in [3.8, 4) is 11.4 Å². The zero-order valence-electron chi connectivity index (χ0n) is 8.94. The fraction of sp³-hybridized carbons (Fsp3) is 0.0769. The molecule has 0 unspecified atom stereocenters. The number of benzene rings is 1. The minimum absolute atomic E-state index is 0.765. The van der Waals surface area contributed by atoms with Crippen molar-refractivity contribution in [3.05, 3.63) is 48.2 Å². The normalized spacial score (nSPS) is 10.8. The summed E-state index contributed by atoms with van der Waals surface area (Å²) in [5, 5.41) is 0. The third-order valence-corrected chi connectivity index (χ3v) is 2.66. The molecule has 0 radical (unpaired) electrons. The summed E-state index contributed by atoms with van der Waals surface area (Å²) in [6, 6.07) is 12.1. The van der Waals surface area contributed by atoms with E-state index in [1.165, 1.54) is 5.56 Å². The van der Waals surface area contributed by atoms with Crippen LogP contribution in [-0.2, 0) is 0 Å². The van der Waals surface area contributed by atoms with Gasteiger partial charge in [0.25, 0.3) is 0 Å². The number of pyridine rings is 1. The lowest BCUT2D eigenvalue weighted by Crippen LogP contribution is -1.84. The Labute approximate surface area is 93.2 Å². The van der Waals surface area contributed by atoms with Crippen molar-refractivity contribution >= 4 is 11.2 Å².